The predicted octanol–water partition coefficient (Wildman–Crippen LogP) is 2.98. The molecule has 1 aromatic heterocycles. The summed E-state index contributed by atoms with van der Waals surface area (Å²) in [7, 11) is 2.99. The van der Waals surface area contributed by atoms with Crippen molar-refractivity contribution < 1.29 is 19.4 Å². The minimum absolute atomic E-state index is 0.156. The monoisotopic (exact) mass is 323 g/mol. The van der Waals surface area contributed by atoms with E-state index in [4.69, 9.17) is 9.47 Å². The van der Waals surface area contributed by atoms with Crippen molar-refractivity contribution in [3.05, 3.63) is 65.4 Å². The van der Waals surface area contributed by atoms with Gasteiger partial charge in [0.15, 0.2) is 17.3 Å². The highest BCUT2D eigenvalue weighted by Gasteiger charge is 2.17. The molecule has 0 atom stereocenters. The number of hydrogen-bond acceptors (Lipinski definition) is 5. The van der Waals surface area contributed by atoms with E-state index in [9.17, 15) is 9.90 Å². The first-order valence-electron chi connectivity index (χ1n) is 7.43. The van der Waals surface area contributed by atoms with Gasteiger partial charge in [-0.2, -0.15) is 0 Å². The van der Waals surface area contributed by atoms with E-state index in [0.29, 0.717) is 28.2 Å². The van der Waals surface area contributed by atoms with Gasteiger partial charge in [-0.3, -0.25) is 9.78 Å². The average Bonchev–Trinajstić information content (AvgIpc) is 2.65. The summed E-state index contributed by atoms with van der Waals surface area (Å²) in [4.78, 5) is 17.1. The van der Waals surface area contributed by atoms with Crippen LogP contribution in [-0.2, 0) is 6.61 Å². The van der Waals surface area contributed by atoms with Gasteiger partial charge in [-0.15, -0.1) is 0 Å². The zero-order chi connectivity index (χ0) is 17.1. The third-order valence-electron chi connectivity index (χ3n) is 3.85. The molecule has 5 heteroatoms. The molecule has 0 bridgehead atoms. The summed E-state index contributed by atoms with van der Waals surface area (Å²) in [5, 5.41) is 10.4. The first-order chi connectivity index (χ1) is 11.7. The van der Waals surface area contributed by atoms with Crippen molar-refractivity contribution in [2.24, 2.45) is 0 Å². The molecule has 0 aliphatic rings. The van der Waals surface area contributed by atoms with Gasteiger partial charge >= 0.3 is 0 Å². The number of hydrogen-bond donors (Lipinski definition) is 1. The van der Waals surface area contributed by atoms with Crippen LogP contribution in [0.25, 0.3) is 10.9 Å². The molecule has 0 aliphatic carbocycles. The maximum absolute atomic E-state index is 12.8. The quantitative estimate of drug-likeness (QED) is 0.731. The van der Waals surface area contributed by atoms with Gasteiger partial charge in [-0.1, -0.05) is 6.07 Å². The lowest BCUT2D eigenvalue weighted by Crippen LogP contribution is -2.05. The molecule has 0 amide bonds. The number of ketones is 1. The molecule has 1 heterocycles. The zero-order valence-corrected chi connectivity index (χ0v) is 13.4. The number of fused-ring (bicyclic) bond motifs is 1. The van der Waals surface area contributed by atoms with Gasteiger partial charge in [-0.25, -0.2) is 0 Å². The van der Waals surface area contributed by atoms with Crippen LogP contribution in [0.15, 0.2) is 48.7 Å². The summed E-state index contributed by atoms with van der Waals surface area (Å²) in [5.74, 6) is 0.686. The number of aliphatic hydroxyl groups is 1. The van der Waals surface area contributed by atoms with Gasteiger partial charge in [0.1, 0.15) is 0 Å². The molecular weight excluding hydrogens is 306 g/mol. The molecule has 0 spiro atoms. The SMILES string of the molecule is COc1cc(C(=O)c2ccc3ncccc3c2)cc(CO)c1OC. The molecule has 2 aromatic carbocycles. The second kappa shape index (κ2) is 6.68. The van der Waals surface area contributed by atoms with Crippen molar-refractivity contribution in [1.29, 1.82) is 0 Å². The average molecular weight is 323 g/mol. The molecule has 0 aliphatic heterocycles. The number of aliphatic hydroxyl groups excluding tert-OH is 1. The Morgan fingerprint density at radius 3 is 2.62 bits per heavy atom. The number of nitrogens with zero attached hydrogens (tertiary/aromatic N) is 1. The van der Waals surface area contributed by atoms with Gasteiger partial charge in [0, 0.05) is 28.3 Å². The second-order valence-corrected chi connectivity index (χ2v) is 5.27. The summed E-state index contributed by atoms with van der Waals surface area (Å²) in [5.41, 5.74) is 2.31. The predicted molar refractivity (Wildman–Crippen MR) is 90.6 cm³/mol. The van der Waals surface area contributed by atoms with Crippen LogP contribution in [0.5, 0.6) is 11.5 Å². The maximum atomic E-state index is 12.8. The Labute approximate surface area is 139 Å². The van der Waals surface area contributed by atoms with E-state index in [0.717, 1.165) is 10.9 Å². The summed E-state index contributed by atoms with van der Waals surface area (Å²) in [6, 6.07) is 12.3. The lowest BCUT2D eigenvalue weighted by Gasteiger charge is -2.13. The van der Waals surface area contributed by atoms with Gasteiger partial charge in [0.2, 0.25) is 0 Å². The molecule has 3 rings (SSSR count). The highest BCUT2D eigenvalue weighted by molar-refractivity contribution is 6.11. The third-order valence-corrected chi connectivity index (χ3v) is 3.85. The Balaban J connectivity index is 2.08. The van der Waals surface area contributed by atoms with Gasteiger partial charge in [-0.05, 0) is 36.4 Å². The molecule has 122 valence electrons. The molecule has 3 aromatic rings. The zero-order valence-electron chi connectivity index (χ0n) is 13.4. The third kappa shape index (κ3) is 2.81. The fourth-order valence-electron chi connectivity index (χ4n) is 2.68. The lowest BCUT2D eigenvalue weighted by molar-refractivity contribution is 0.103. The van der Waals surface area contributed by atoms with Crippen LogP contribution in [0, 0.1) is 0 Å². The van der Waals surface area contributed by atoms with Crippen molar-refractivity contribution in [2.45, 2.75) is 6.61 Å². The van der Waals surface area contributed by atoms with Gasteiger partial charge in [0.05, 0.1) is 26.3 Å². The number of carbonyl (C=O) groups is 1. The molecule has 0 saturated carbocycles. The van der Waals surface area contributed by atoms with E-state index >= 15 is 0 Å². The molecular formula is C19H17NO4. The first kappa shape index (κ1) is 16.0. The van der Waals surface area contributed by atoms with E-state index in [1.165, 1.54) is 14.2 Å². The normalized spacial score (nSPS) is 10.6. The Morgan fingerprint density at radius 2 is 1.92 bits per heavy atom. The van der Waals surface area contributed by atoms with Crippen molar-refractivity contribution in [3.8, 4) is 11.5 Å². The summed E-state index contributed by atoms with van der Waals surface area (Å²) in [6.07, 6.45) is 1.71. The highest BCUT2D eigenvalue weighted by atomic mass is 16.5. The largest absolute Gasteiger partial charge is 0.493 e. The van der Waals surface area contributed by atoms with E-state index in [-0.39, 0.29) is 12.4 Å². The fraction of sp³-hybridized carbons (Fsp3) is 0.158. The van der Waals surface area contributed by atoms with Crippen molar-refractivity contribution >= 4 is 16.7 Å². The molecule has 0 unspecified atom stereocenters. The van der Waals surface area contributed by atoms with Gasteiger partial charge in [0.25, 0.3) is 0 Å². The summed E-state index contributed by atoms with van der Waals surface area (Å²) < 4.78 is 10.5. The van der Waals surface area contributed by atoms with Crippen molar-refractivity contribution in [2.75, 3.05) is 14.2 Å². The Kier molecular flexibility index (Phi) is 4.44. The van der Waals surface area contributed by atoms with Crippen LogP contribution in [0.1, 0.15) is 21.5 Å². The first-order valence-corrected chi connectivity index (χ1v) is 7.43. The smallest absolute Gasteiger partial charge is 0.193 e. The summed E-state index contributed by atoms with van der Waals surface area (Å²) >= 11 is 0. The van der Waals surface area contributed by atoms with Crippen molar-refractivity contribution in [3.63, 3.8) is 0 Å². The number of carbonyl (C=O) groups excluding carboxylic acids is 1. The lowest BCUT2D eigenvalue weighted by atomic mass is 9.99. The van der Waals surface area contributed by atoms with Crippen LogP contribution in [0.4, 0.5) is 0 Å². The second-order valence-electron chi connectivity index (χ2n) is 5.27. The number of rotatable bonds is 5. The van der Waals surface area contributed by atoms with Crippen LogP contribution < -0.4 is 9.47 Å². The number of benzene rings is 2. The Morgan fingerprint density at radius 1 is 1.08 bits per heavy atom. The van der Waals surface area contributed by atoms with Crippen LogP contribution in [0.2, 0.25) is 0 Å². The van der Waals surface area contributed by atoms with Crippen LogP contribution >= 0.6 is 0 Å². The molecule has 0 saturated heterocycles. The molecule has 24 heavy (non-hydrogen) atoms. The summed E-state index contributed by atoms with van der Waals surface area (Å²) in [6.45, 7) is -0.248. The van der Waals surface area contributed by atoms with Crippen molar-refractivity contribution in [1.82, 2.24) is 4.98 Å². The topological polar surface area (TPSA) is 68.7 Å². The molecule has 5 nitrogen and oxygen atoms in total. The number of pyridine rings is 1. The minimum atomic E-state index is -0.248. The van der Waals surface area contributed by atoms with Crippen LogP contribution in [-0.4, -0.2) is 30.1 Å². The molecule has 0 radical (unpaired) electrons. The molecule has 1 N–H and O–H groups in total. The highest BCUT2D eigenvalue weighted by Crippen LogP contribution is 2.33. The van der Waals surface area contributed by atoms with E-state index in [1.807, 2.05) is 18.2 Å². The fourth-order valence-corrected chi connectivity index (χ4v) is 2.68. The maximum Gasteiger partial charge on any atom is 0.193 e. The molecule has 0 fully saturated rings. The number of methoxy groups -OCH3 is 2. The Hall–Kier alpha value is -2.92. The van der Waals surface area contributed by atoms with Crippen LogP contribution in [0.3, 0.4) is 0 Å². The van der Waals surface area contributed by atoms with E-state index in [2.05, 4.69) is 4.98 Å². The minimum Gasteiger partial charge on any atom is -0.493 e. The van der Waals surface area contributed by atoms with E-state index < -0.39 is 0 Å². The van der Waals surface area contributed by atoms with E-state index in [1.54, 1.807) is 30.5 Å². The van der Waals surface area contributed by atoms with Gasteiger partial charge < -0.3 is 14.6 Å². The Bertz CT molecular complexity index is 880. The standard InChI is InChI=1S/C19H17NO4/c1-23-17-10-14(9-15(11-21)19(17)24-2)18(22)13-5-6-16-12(8-13)4-3-7-20-16/h3-10,21H,11H2,1-2H3. The number of aromatic nitrogens is 1. The number of ether oxygens (including phenoxy) is 2.